The van der Waals surface area contributed by atoms with Gasteiger partial charge in [-0.2, -0.15) is 0 Å². The Bertz CT molecular complexity index is 1070. The molecule has 3 aliphatic heterocycles. The number of nitrogens with zero attached hydrogens (tertiary/aromatic N) is 4. The molecule has 0 saturated carbocycles. The van der Waals surface area contributed by atoms with Gasteiger partial charge in [0.1, 0.15) is 0 Å². The van der Waals surface area contributed by atoms with Crippen LogP contribution in [0.1, 0.15) is 63.9 Å². The Morgan fingerprint density at radius 2 is 1.88 bits per heavy atom. The number of allylic oxidation sites excluding steroid dienone is 1. The first-order valence-corrected chi connectivity index (χ1v) is 15.5. The SMILES string of the molecule is C=C[C@@H]1[C@@H](c2ccc3c(c2)OCO3)CN(CC(=O)N(CCCC)CCCCN(C)C)[C@H]1CCN1C=CCC(C)C1=O. The number of carbonyl (C=O) groups is 2. The lowest BCUT2D eigenvalue weighted by atomic mass is 9.84. The fraction of sp³-hybridized carbons (Fsp3) is 0.636. The molecule has 3 heterocycles. The highest BCUT2D eigenvalue weighted by atomic mass is 16.7. The van der Waals surface area contributed by atoms with Crippen molar-refractivity contribution >= 4 is 11.8 Å². The normalized spacial score (nSPS) is 23.9. The molecule has 0 aromatic heterocycles. The maximum absolute atomic E-state index is 13.8. The van der Waals surface area contributed by atoms with Crippen LogP contribution in [-0.2, 0) is 9.59 Å². The van der Waals surface area contributed by atoms with E-state index in [2.05, 4.69) is 66.6 Å². The summed E-state index contributed by atoms with van der Waals surface area (Å²) in [5.74, 6) is 2.26. The van der Waals surface area contributed by atoms with Gasteiger partial charge in [0.05, 0.1) is 6.54 Å². The first-order valence-electron chi connectivity index (χ1n) is 15.5. The highest BCUT2D eigenvalue weighted by Crippen LogP contribution is 2.43. The number of rotatable bonds is 15. The summed E-state index contributed by atoms with van der Waals surface area (Å²) >= 11 is 0. The molecule has 1 unspecified atom stereocenters. The van der Waals surface area contributed by atoms with Crippen molar-refractivity contribution in [1.29, 1.82) is 0 Å². The summed E-state index contributed by atoms with van der Waals surface area (Å²) in [7, 11) is 4.18. The van der Waals surface area contributed by atoms with Crippen LogP contribution in [0.25, 0.3) is 0 Å². The maximum Gasteiger partial charge on any atom is 0.236 e. The number of ether oxygens (including phenoxy) is 2. The molecular weight excluding hydrogens is 516 g/mol. The van der Waals surface area contributed by atoms with Gasteiger partial charge in [0.15, 0.2) is 11.5 Å². The second-order valence-corrected chi connectivity index (χ2v) is 12.1. The van der Waals surface area contributed by atoms with Crippen molar-refractivity contribution in [2.75, 3.05) is 60.2 Å². The Hall–Kier alpha value is -2.84. The van der Waals surface area contributed by atoms with E-state index in [1.165, 1.54) is 5.56 Å². The van der Waals surface area contributed by atoms with Gasteiger partial charge in [-0.25, -0.2) is 0 Å². The lowest BCUT2D eigenvalue weighted by Crippen LogP contribution is -2.45. The van der Waals surface area contributed by atoms with Crippen LogP contribution in [0.15, 0.2) is 43.1 Å². The molecular formula is C33H50N4O4. The van der Waals surface area contributed by atoms with Gasteiger partial charge < -0.3 is 24.2 Å². The van der Waals surface area contributed by atoms with Gasteiger partial charge in [-0.1, -0.05) is 38.5 Å². The predicted molar refractivity (Wildman–Crippen MR) is 163 cm³/mol. The fourth-order valence-corrected chi connectivity index (χ4v) is 6.39. The van der Waals surface area contributed by atoms with Gasteiger partial charge in [0.2, 0.25) is 18.6 Å². The number of likely N-dealkylation sites (tertiary alicyclic amines) is 1. The Morgan fingerprint density at radius 1 is 1.12 bits per heavy atom. The minimum Gasteiger partial charge on any atom is -0.454 e. The summed E-state index contributed by atoms with van der Waals surface area (Å²) in [6.07, 6.45) is 11.8. The predicted octanol–water partition coefficient (Wildman–Crippen LogP) is 4.73. The van der Waals surface area contributed by atoms with Crippen LogP contribution in [0.5, 0.6) is 11.5 Å². The Balaban J connectivity index is 1.52. The molecule has 1 saturated heterocycles. The molecule has 0 aliphatic carbocycles. The van der Waals surface area contributed by atoms with Crippen molar-refractivity contribution in [3.05, 3.63) is 48.7 Å². The van der Waals surface area contributed by atoms with Crippen LogP contribution < -0.4 is 9.47 Å². The van der Waals surface area contributed by atoms with Crippen molar-refractivity contribution in [2.45, 2.75) is 64.3 Å². The number of fused-ring (bicyclic) bond motifs is 1. The molecule has 1 fully saturated rings. The van der Waals surface area contributed by atoms with Crippen molar-refractivity contribution in [3.63, 3.8) is 0 Å². The third-order valence-corrected chi connectivity index (χ3v) is 8.81. The molecule has 1 aromatic carbocycles. The fourth-order valence-electron chi connectivity index (χ4n) is 6.39. The number of hydrogen-bond donors (Lipinski definition) is 0. The first-order chi connectivity index (χ1) is 19.8. The quantitative estimate of drug-likeness (QED) is 0.226. The third kappa shape index (κ3) is 7.92. The van der Waals surface area contributed by atoms with E-state index < -0.39 is 0 Å². The molecule has 3 aliphatic rings. The van der Waals surface area contributed by atoms with Crippen LogP contribution >= 0.6 is 0 Å². The van der Waals surface area contributed by atoms with Gasteiger partial charge >= 0.3 is 0 Å². The summed E-state index contributed by atoms with van der Waals surface area (Å²) in [5.41, 5.74) is 1.17. The highest BCUT2D eigenvalue weighted by molar-refractivity contribution is 5.80. The van der Waals surface area contributed by atoms with Crippen LogP contribution in [0.4, 0.5) is 0 Å². The Labute approximate surface area is 246 Å². The molecule has 41 heavy (non-hydrogen) atoms. The lowest BCUT2D eigenvalue weighted by Gasteiger charge is -2.32. The molecule has 8 nitrogen and oxygen atoms in total. The average Bonchev–Trinajstić information content (AvgIpc) is 3.57. The van der Waals surface area contributed by atoms with E-state index in [1.807, 2.05) is 24.1 Å². The second kappa shape index (κ2) is 14.9. The number of carbonyl (C=O) groups excluding carboxylic acids is 2. The van der Waals surface area contributed by atoms with Crippen LogP contribution in [0, 0.1) is 11.8 Å². The summed E-state index contributed by atoms with van der Waals surface area (Å²) < 4.78 is 11.2. The molecule has 0 spiro atoms. The monoisotopic (exact) mass is 566 g/mol. The van der Waals surface area contributed by atoms with Crippen LogP contribution in [0.3, 0.4) is 0 Å². The van der Waals surface area contributed by atoms with Gasteiger partial charge in [-0.3, -0.25) is 14.5 Å². The molecule has 226 valence electrons. The van der Waals surface area contributed by atoms with E-state index in [0.717, 1.165) is 76.2 Å². The first kappa shape index (κ1) is 31.1. The molecule has 4 atom stereocenters. The summed E-state index contributed by atoms with van der Waals surface area (Å²) in [5, 5.41) is 0. The van der Waals surface area contributed by atoms with Gasteiger partial charge in [-0.15, -0.1) is 6.58 Å². The van der Waals surface area contributed by atoms with Gasteiger partial charge in [0, 0.05) is 56.2 Å². The molecule has 4 rings (SSSR count). The van der Waals surface area contributed by atoms with E-state index in [9.17, 15) is 9.59 Å². The van der Waals surface area contributed by atoms with Crippen molar-refractivity contribution in [1.82, 2.24) is 19.6 Å². The third-order valence-electron chi connectivity index (χ3n) is 8.81. The Kier molecular flexibility index (Phi) is 11.3. The number of benzene rings is 1. The molecule has 8 heteroatoms. The minimum absolute atomic E-state index is 0.0115. The smallest absolute Gasteiger partial charge is 0.236 e. The second-order valence-electron chi connectivity index (χ2n) is 12.1. The molecule has 0 radical (unpaired) electrons. The standard InChI is InChI=1S/C33H50N4O4/c1-6-8-17-35(18-10-9-16-34(4)5)32(38)23-37-22-28(26-13-14-30-31(21-26)41-24-40-30)27(7-2)29(37)15-20-36-19-11-12-25(3)33(36)39/h7,11,13-14,19,21,25,27-29H,2,6,8-10,12,15-18,20,22-24H2,1,3-5H3/t25?,27-,28-,29+/m1/s1. The lowest BCUT2D eigenvalue weighted by molar-refractivity contribution is -0.134. The number of amides is 2. The zero-order valence-corrected chi connectivity index (χ0v) is 25.6. The van der Waals surface area contributed by atoms with E-state index in [-0.39, 0.29) is 42.4 Å². The molecule has 0 N–H and O–H groups in total. The largest absolute Gasteiger partial charge is 0.454 e. The van der Waals surface area contributed by atoms with Gasteiger partial charge in [0.25, 0.3) is 0 Å². The Morgan fingerprint density at radius 3 is 2.63 bits per heavy atom. The molecule has 0 bridgehead atoms. The summed E-state index contributed by atoms with van der Waals surface area (Å²) in [4.78, 5) is 35.1. The minimum atomic E-state index is 0.0115. The van der Waals surface area contributed by atoms with Crippen molar-refractivity contribution in [3.8, 4) is 11.5 Å². The number of unbranched alkanes of at least 4 members (excludes halogenated alkanes) is 2. The zero-order chi connectivity index (χ0) is 29.4. The van der Waals surface area contributed by atoms with E-state index in [0.29, 0.717) is 13.1 Å². The van der Waals surface area contributed by atoms with Gasteiger partial charge in [-0.05, 0) is 70.4 Å². The number of hydrogen-bond acceptors (Lipinski definition) is 6. The van der Waals surface area contributed by atoms with E-state index in [4.69, 9.17) is 9.47 Å². The van der Waals surface area contributed by atoms with Crippen LogP contribution in [0.2, 0.25) is 0 Å². The van der Waals surface area contributed by atoms with Crippen molar-refractivity contribution in [2.24, 2.45) is 11.8 Å². The molecule has 2 amide bonds. The maximum atomic E-state index is 13.8. The zero-order valence-electron chi connectivity index (χ0n) is 25.6. The van der Waals surface area contributed by atoms with E-state index >= 15 is 0 Å². The topological polar surface area (TPSA) is 65.6 Å². The van der Waals surface area contributed by atoms with E-state index in [1.54, 1.807) is 0 Å². The summed E-state index contributed by atoms with van der Waals surface area (Å²) in [6, 6.07) is 6.29. The average molecular weight is 567 g/mol. The molecule has 1 aromatic rings. The summed E-state index contributed by atoms with van der Waals surface area (Å²) in [6.45, 7) is 13.1. The van der Waals surface area contributed by atoms with Crippen LogP contribution in [-0.4, -0.2) is 97.6 Å². The van der Waals surface area contributed by atoms with Crippen molar-refractivity contribution < 1.29 is 19.1 Å². The highest BCUT2D eigenvalue weighted by Gasteiger charge is 2.42.